The maximum atomic E-state index is 12.0. The van der Waals surface area contributed by atoms with Crippen LogP contribution in [0, 0.1) is 6.92 Å². The van der Waals surface area contributed by atoms with Crippen LogP contribution in [0.3, 0.4) is 0 Å². The molecule has 8 heteroatoms. The van der Waals surface area contributed by atoms with Crippen LogP contribution in [-0.2, 0) is 18.4 Å². The van der Waals surface area contributed by atoms with Crippen molar-refractivity contribution in [2.75, 3.05) is 0 Å². The van der Waals surface area contributed by atoms with Gasteiger partial charge in [-0.2, -0.15) is 10.2 Å². The Kier molecular flexibility index (Phi) is 4.59. The zero-order chi connectivity index (χ0) is 16.3. The van der Waals surface area contributed by atoms with Gasteiger partial charge in [0.2, 0.25) is 5.91 Å². The fraction of sp³-hybridized carbons (Fsp3) is 0.429. The first-order valence-corrected chi connectivity index (χ1v) is 6.93. The van der Waals surface area contributed by atoms with Gasteiger partial charge in [-0.15, -0.1) is 0 Å². The standard InChI is InChI=1S/C14H19N5O3/c1-9(11-8-18(3)16-10(11)2)15-13(20)5-7-19-6-4-12(17-19)14(21)22/h4,6,8-9H,5,7H2,1-3H3,(H,15,20)(H,21,22). The zero-order valence-corrected chi connectivity index (χ0v) is 12.8. The molecule has 0 saturated carbocycles. The number of nitrogens with one attached hydrogen (secondary N) is 1. The summed E-state index contributed by atoms with van der Waals surface area (Å²) in [5.41, 5.74) is 1.83. The van der Waals surface area contributed by atoms with Crippen LogP contribution in [0.15, 0.2) is 18.5 Å². The first-order valence-electron chi connectivity index (χ1n) is 6.93. The molecule has 0 aromatic carbocycles. The first kappa shape index (κ1) is 15.7. The summed E-state index contributed by atoms with van der Waals surface area (Å²) >= 11 is 0. The van der Waals surface area contributed by atoms with Crippen LogP contribution in [0.5, 0.6) is 0 Å². The minimum Gasteiger partial charge on any atom is -0.476 e. The van der Waals surface area contributed by atoms with Gasteiger partial charge in [0.15, 0.2) is 5.69 Å². The fourth-order valence-electron chi connectivity index (χ4n) is 2.25. The molecule has 0 saturated heterocycles. The molecular formula is C14H19N5O3. The largest absolute Gasteiger partial charge is 0.476 e. The highest BCUT2D eigenvalue weighted by atomic mass is 16.4. The van der Waals surface area contributed by atoms with Crippen LogP contribution in [0.25, 0.3) is 0 Å². The van der Waals surface area contributed by atoms with Crippen LogP contribution >= 0.6 is 0 Å². The van der Waals surface area contributed by atoms with Crippen molar-refractivity contribution >= 4 is 11.9 Å². The Morgan fingerprint density at radius 3 is 2.68 bits per heavy atom. The quantitative estimate of drug-likeness (QED) is 0.825. The van der Waals surface area contributed by atoms with Crippen molar-refractivity contribution in [1.82, 2.24) is 24.9 Å². The van der Waals surface area contributed by atoms with Gasteiger partial charge in [0.25, 0.3) is 0 Å². The molecule has 0 aliphatic rings. The second kappa shape index (κ2) is 6.42. The van der Waals surface area contributed by atoms with E-state index >= 15 is 0 Å². The van der Waals surface area contributed by atoms with Gasteiger partial charge in [0, 0.05) is 38.0 Å². The SMILES string of the molecule is Cc1nn(C)cc1C(C)NC(=O)CCn1ccc(C(=O)O)n1. The van der Waals surface area contributed by atoms with E-state index in [4.69, 9.17) is 5.11 Å². The molecule has 8 nitrogen and oxygen atoms in total. The number of hydrogen-bond acceptors (Lipinski definition) is 4. The summed E-state index contributed by atoms with van der Waals surface area (Å²) in [6.45, 7) is 4.13. The van der Waals surface area contributed by atoms with E-state index in [1.165, 1.54) is 10.7 Å². The van der Waals surface area contributed by atoms with Crippen LogP contribution in [0.2, 0.25) is 0 Å². The maximum Gasteiger partial charge on any atom is 0.356 e. The molecule has 118 valence electrons. The second-order valence-corrected chi connectivity index (χ2v) is 5.15. The number of carboxylic acids is 1. The summed E-state index contributed by atoms with van der Waals surface area (Å²) in [5.74, 6) is -1.20. The van der Waals surface area contributed by atoms with Gasteiger partial charge in [-0.3, -0.25) is 14.2 Å². The number of aromatic carboxylic acids is 1. The Hall–Kier alpha value is -2.64. The Morgan fingerprint density at radius 1 is 1.41 bits per heavy atom. The molecule has 2 N–H and O–H groups in total. The summed E-state index contributed by atoms with van der Waals surface area (Å²) in [7, 11) is 1.84. The third kappa shape index (κ3) is 3.72. The molecule has 22 heavy (non-hydrogen) atoms. The van der Waals surface area contributed by atoms with E-state index in [2.05, 4.69) is 15.5 Å². The van der Waals surface area contributed by atoms with Crippen molar-refractivity contribution in [3.63, 3.8) is 0 Å². The van der Waals surface area contributed by atoms with Gasteiger partial charge >= 0.3 is 5.97 Å². The van der Waals surface area contributed by atoms with Gasteiger partial charge in [0.1, 0.15) is 0 Å². The Labute approximate surface area is 127 Å². The van der Waals surface area contributed by atoms with E-state index in [0.29, 0.717) is 6.54 Å². The molecule has 1 unspecified atom stereocenters. The lowest BCUT2D eigenvalue weighted by Gasteiger charge is -2.13. The average Bonchev–Trinajstić information content (AvgIpc) is 3.03. The molecule has 0 spiro atoms. The van der Waals surface area contributed by atoms with Crippen molar-refractivity contribution in [3.8, 4) is 0 Å². The van der Waals surface area contributed by atoms with Crippen LogP contribution in [-0.4, -0.2) is 36.5 Å². The van der Waals surface area contributed by atoms with E-state index in [-0.39, 0.29) is 24.1 Å². The monoisotopic (exact) mass is 305 g/mol. The van der Waals surface area contributed by atoms with Crippen LogP contribution in [0.1, 0.15) is 41.1 Å². The minimum atomic E-state index is -1.08. The van der Waals surface area contributed by atoms with Gasteiger partial charge in [-0.05, 0) is 19.9 Å². The van der Waals surface area contributed by atoms with Crippen molar-refractivity contribution in [1.29, 1.82) is 0 Å². The average molecular weight is 305 g/mol. The molecule has 2 heterocycles. The highest BCUT2D eigenvalue weighted by Crippen LogP contribution is 2.15. The number of aryl methyl sites for hydroxylation is 3. The molecule has 0 fully saturated rings. The number of nitrogens with zero attached hydrogens (tertiary/aromatic N) is 4. The molecule has 0 bridgehead atoms. The topological polar surface area (TPSA) is 102 Å². The number of carboxylic acid groups (broad SMARTS) is 1. The number of aromatic nitrogens is 4. The zero-order valence-electron chi connectivity index (χ0n) is 12.8. The van der Waals surface area contributed by atoms with Crippen LogP contribution < -0.4 is 5.32 Å². The smallest absolute Gasteiger partial charge is 0.356 e. The van der Waals surface area contributed by atoms with Gasteiger partial charge in [0.05, 0.1) is 11.7 Å². The van der Waals surface area contributed by atoms with E-state index in [1.807, 2.05) is 27.1 Å². The number of hydrogen-bond donors (Lipinski definition) is 2. The van der Waals surface area contributed by atoms with Crippen molar-refractivity contribution in [2.24, 2.45) is 7.05 Å². The number of rotatable bonds is 6. The van der Waals surface area contributed by atoms with Crippen molar-refractivity contribution < 1.29 is 14.7 Å². The third-order valence-electron chi connectivity index (χ3n) is 3.32. The lowest BCUT2D eigenvalue weighted by molar-refractivity contribution is -0.122. The molecule has 1 atom stereocenters. The Balaban J connectivity index is 1.87. The molecular weight excluding hydrogens is 286 g/mol. The van der Waals surface area contributed by atoms with E-state index in [9.17, 15) is 9.59 Å². The normalized spacial score (nSPS) is 12.1. The van der Waals surface area contributed by atoms with E-state index in [1.54, 1.807) is 10.9 Å². The summed E-state index contributed by atoms with van der Waals surface area (Å²) < 4.78 is 3.16. The fourth-order valence-corrected chi connectivity index (χ4v) is 2.25. The molecule has 0 radical (unpaired) electrons. The highest BCUT2D eigenvalue weighted by Gasteiger charge is 2.14. The number of amides is 1. The number of carbonyl (C=O) groups excluding carboxylic acids is 1. The summed E-state index contributed by atoms with van der Waals surface area (Å²) in [6.07, 6.45) is 3.66. The predicted octanol–water partition coefficient (Wildman–Crippen LogP) is 0.891. The lowest BCUT2D eigenvalue weighted by atomic mass is 10.1. The molecule has 2 aromatic heterocycles. The molecule has 2 rings (SSSR count). The van der Waals surface area contributed by atoms with E-state index in [0.717, 1.165) is 11.3 Å². The molecule has 1 amide bonds. The van der Waals surface area contributed by atoms with Gasteiger partial charge in [-0.25, -0.2) is 4.79 Å². The van der Waals surface area contributed by atoms with Gasteiger partial charge < -0.3 is 10.4 Å². The lowest BCUT2D eigenvalue weighted by Crippen LogP contribution is -2.27. The summed E-state index contributed by atoms with van der Waals surface area (Å²) in [4.78, 5) is 22.7. The number of carbonyl (C=O) groups is 2. The maximum absolute atomic E-state index is 12.0. The Bertz CT molecular complexity index is 688. The molecule has 2 aromatic rings. The Morgan fingerprint density at radius 2 is 2.14 bits per heavy atom. The summed E-state index contributed by atoms with van der Waals surface area (Å²) in [5, 5.41) is 19.8. The predicted molar refractivity (Wildman–Crippen MR) is 78.3 cm³/mol. The second-order valence-electron chi connectivity index (χ2n) is 5.15. The molecule has 0 aliphatic carbocycles. The third-order valence-corrected chi connectivity index (χ3v) is 3.32. The summed E-state index contributed by atoms with van der Waals surface area (Å²) in [6, 6.07) is 1.27. The first-order chi connectivity index (χ1) is 10.4. The van der Waals surface area contributed by atoms with Gasteiger partial charge in [-0.1, -0.05) is 0 Å². The van der Waals surface area contributed by atoms with Crippen molar-refractivity contribution in [2.45, 2.75) is 32.9 Å². The minimum absolute atomic E-state index is 0.0280. The van der Waals surface area contributed by atoms with E-state index < -0.39 is 5.97 Å². The molecule has 0 aliphatic heterocycles. The van der Waals surface area contributed by atoms with Crippen molar-refractivity contribution in [3.05, 3.63) is 35.4 Å². The van der Waals surface area contributed by atoms with Crippen LogP contribution in [0.4, 0.5) is 0 Å². The highest BCUT2D eigenvalue weighted by molar-refractivity contribution is 5.85.